The van der Waals surface area contributed by atoms with Gasteiger partial charge in [0, 0.05) is 43.4 Å². The maximum absolute atomic E-state index is 12.4. The van der Waals surface area contributed by atoms with Gasteiger partial charge in [-0.2, -0.15) is 0 Å². The average molecular weight is 325 g/mol. The second-order valence-electron chi connectivity index (χ2n) is 6.27. The third-order valence-electron chi connectivity index (χ3n) is 4.71. The third kappa shape index (κ3) is 2.96. The van der Waals surface area contributed by atoms with Crippen LogP contribution in [0.5, 0.6) is 0 Å². The number of aromatic nitrogens is 4. The molecule has 1 fully saturated rings. The zero-order valence-corrected chi connectivity index (χ0v) is 13.5. The molecule has 3 aromatic rings. The molecule has 0 aromatic carbocycles. The number of alkyl halides is 1. The van der Waals surface area contributed by atoms with E-state index in [2.05, 4.69) is 19.9 Å². The van der Waals surface area contributed by atoms with E-state index in [0.717, 1.165) is 48.8 Å². The van der Waals surface area contributed by atoms with Crippen LogP contribution in [0.4, 0.5) is 10.3 Å². The van der Waals surface area contributed by atoms with Gasteiger partial charge in [0.1, 0.15) is 5.65 Å². The van der Waals surface area contributed by atoms with E-state index in [-0.39, 0.29) is 6.67 Å². The van der Waals surface area contributed by atoms with Crippen molar-refractivity contribution in [3.8, 4) is 11.3 Å². The summed E-state index contributed by atoms with van der Waals surface area (Å²) in [5, 5.41) is 0. The fourth-order valence-corrected chi connectivity index (χ4v) is 3.27. The number of piperidine rings is 1. The van der Waals surface area contributed by atoms with Crippen molar-refractivity contribution in [1.29, 1.82) is 0 Å². The molecule has 124 valence electrons. The standard InChI is InChI=1S/C18H20FN5/c19-7-4-14-5-9-23(10-6-14)18-20-11-15(12-21-18)16-13-24-8-2-1-3-17(24)22-16/h1-3,8,11-14H,4-7,9-10H2. The number of hydrogen-bond donors (Lipinski definition) is 0. The van der Waals surface area contributed by atoms with Crippen LogP contribution in [-0.2, 0) is 0 Å². The molecule has 1 saturated heterocycles. The number of fused-ring (bicyclic) bond motifs is 1. The summed E-state index contributed by atoms with van der Waals surface area (Å²) in [5.74, 6) is 1.25. The average Bonchev–Trinajstić information content (AvgIpc) is 3.07. The van der Waals surface area contributed by atoms with Crippen LogP contribution in [0.1, 0.15) is 19.3 Å². The molecular formula is C18H20FN5. The smallest absolute Gasteiger partial charge is 0.225 e. The van der Waals surface area contributed by atoms with E-state index in [0.29, 0.717) is 12.3 Å². The van der Waals surface area contributed by atoms with Crippen molar-refractivity contribution in [2.45, 2.75) is 19.3 Å². The van der Waals surface area contributed by atoms with E-state index in [4.69, 9.17) is 0 Å². The fraction of sp³-hybridized carbons (Fsp3) is 0.389. The Labute approximate surface area is 140 Å². The van der Waals surface area contributed by atoms with Crippen LogP contribution in [0, 0.1) is 5.92 Å². The predicted octanol–water partition coefficient (Wildman–Crippen LogP) is 3.37. The number of nitrogens with zero attached hydrogens (tertiary/aromatic N) is 5. The maximum Gasteiger partial charge on any atom is 0.225 e. The lowest BCUT2D eigenvalue weighted by atomic mass is 9.94. The molecule has 6 heteroatoms. The van der Waals surface area contributed by atoms with E-state index in [9.17, 15) is 4.39 Å². The van der Waals surface area contributed by atoms with E-state index in [1.807, 2.05) is 47.4 Å². The highest BCUT2D eigenvalue weighted by Crippen LogP contribution is 2.24. The summed E-state index contributed by atoms with van der Waals surface area (Å²) < 4.78 is 14.4. The molecule has 0 N–H and O–H groups in total. The minimum Gasteiger partial charge on any atom is -0.341 e. The summed E-state index contributed by atoms with van der Waals surface area (Å²) in [7, 11) is 0. The second kappa shape index (κ2) is 6.55. The number of anilines is 1. The van der Waals surface area contributed by atoms with Crippen LogP contribution in [0.25, 0.3) is 16.9 Å². The van der Waals surface area contributed by atoms with Gasteiger partial charge in [-0.15, -0.1) is 0 Å². The summed E-state index contributed by atoms with van der Waals surface area (Å²) in [5.41, 5.74) is 2.69. The Morgan fingerprint density at radius 2 is 1.92 bits per heavy atom. The van der Waals surface area contributed by atoms with Gasteiger partial charge < -0.3 is 9.30 Å². The number of hydrogen-bond acceptors (Lipinski definition) is 4. The predicted molar refractivity (Wildman–Crippen MR) is 91.7 cm³/mol. The molecule has 1 aliphatic rings. The first-order chi connectivity index (χ1) is 11.8. The molecule has 1 aliphatic heterocycles. The molecule has 0 bridgehead atoms. The van der Waals surface area contributed by atoms with Gasteiger partial charge in [0.2, 0.25) is 5.95 Å². The molecule has 0 saturated carbocycles. The minimum absolute atomic E-state index is 0.213. The molecule has 4 rings (SSSR count). The number of imidazole rings is 1. The lowest BCUT2D eigenvalue weighted by Crippen LogP contribution is -2.34. The molecule has 4 heterocycles. The highest BCUT2D eigenvalue weighted by Gasteiger charge is 2.20. The first-order valence-corrected chi connectivity index (χ1v) is 8.40. The lowest BCUT2D eigenvalue weighted by Gasteiger charge is -2.31. The molecule has 0 amide bonds. The van der Waals surface area contributed by atoms with E-state index < -0.39 is 0 Å². The maximum atomic E-state index is 12.4. The number of halogens is 1. The van der Waals surface area contributed by atoms with Crippen LogP contribution in [0.15, 0.2) is 43.0 Å². The van der Waals surface area contributed by atoms with Crippen molar-refractivity contribution < 1.29 is 4.39 Å². The largest absolute Gasteiger partial charge is 0.341 e. The molecule has 0 atom stereocenters. The van der Waals surface area contributed by atoms with Crippen LogP contribution in [-0.4, -0.2) is 39.1 Å². The van der Waals surface area contributed by atoms with Crippen LogP contribution < -0.4 is 4.90 Å². The van der Waals surface area contributed by atoms with Crippen molar-refractivity contribution in [2.24, 2.45) is 5.92 Å². The SMILES string of the molecule is FCCC1CCN(c2ncc(-c3cn4ccccc4n3)cn2)CC1. The zero-order chi connectivity index (χ0) is 16.4. The van der Waals surface area contributed by atoms with E-state index in [1.54, 1.807) is 0 Å². The van der Waals surface area contributed by atoms with Crippen molar-refractivity contribution >= 4 is 11.6 Å². The summed E-state index contributed by atoms with van der Waals surface area (Å²) in [6.45, 7) is 1.59. The quantitative estimate of drug-likeness (QED) is 0.738. The van der Waals surface area contributed by atoms with E-state index >= 15 is 0 Å². The normalized spacial score (nSPS) is 16.0. The van der Waals surface area contributed by atoms with Crippen molar-refractivity contribution in [2.75, 3.05) is 24.7 Å². The minimum atomic E-state index is -0.213. The van der Waals surface area contributed by atoms with E-state index in [1.165, 1.54) is 0 Å². The second-order valence-corrected chi connectivity index (χ2v) is 6.27. The summed E-state index contributed by atoms with van der Waals surface area (Å²) in [4.78, 5) is 15.8. The molecule has 5 nitrogen and oxygen atoms in total. The number of rotatable bonds is 4. The third-order valence-corrected chi connectivity index (χ3v) is 4.71. The Morgan fingerprint density at radius 1 is 1.12 bits per heavy atom. The number of pyridine rings is 1. The van der Waals surface area contributed by atoms with Crippen molar-refractivity contribution in [3.05, 3.63) is 43.0 Å². The molecule has 24 heavy (non-hydrogen) atoms. The Bertz CT molecular complexity index is 773. The highest BCUT2D eigenvalue weighted by atomic mass is 19.1. The molecule has 3 aromatic heterocycles. The van der Waals surface area contributed by atoms with Gasteiger partial charge in [-0.25, -0.2) is 15.0 Å². The summed E-state index contributed by atoms with van der Waals surface area (Å²) >= 11 is 0. The highest BCUT2D eigenvalue weighted by molar-refractivity contribution is 5.61. The molecular weight excluding hydrogens is 305 g/mol. The van der Waals surface area contributed by atoms with Gasteiger partial charge in [0.05, 0.1) is 12.4 Å². The first kappa shape index (κ1) is 15.1. The topological polar surface area (TPSA) is 46.3 Å². The van der Waals surface area contributed by atoms with Gasteiger partial charge in [-0.3, -0.25) is 4.39 Å². The van der Waals surface area contributed by atoms with Crippen molar-refractivity contribution in [1.82, 2.24) is 19.4 Å². The summed E-state index contributed by atoms with van der Waals surface area (Å²) in [6, 6.07) is 5.92. The Morgan fingerprint density at radius 3 is 2.62 bits per heavy atom. The summed E-state index contributed by atoms with van der Waals surface area (Å²) in [6.07, 6.45) is 10.3. The zero-order valence-electron chi connectivity index (χ0n) is 13.5. The van der Waals surface area contributed by atoms with Crippen LogP contribution in [0.2, 0.25) is 0 Å². The molecule has 0 spiro atoms. The first-order valence-electron chi connectivity index (χ1n) is 8.40. The molecule has 0 unspecified atom stereocenters. The van der Waals surface area contributed by atoms with Gasteiger partial charge in [-0.1, -0.05) is 6.07 Å². The van der Waals surface area contributed by atoms with Crippen LogP contribution in [0.3, 0.4) is 0 Å². The van der Waals surface area contributed by atoms with Crippen molar-refractivity contribution in [3.63, 3.8) is 0 Å². The van der Waals surface area contributed by atoms with Gasteiger partial charge in [0.25, 0.3) is 0 Å². The van der Waals surface area contributed by atoms with Gasteiger partial charge in [0.15, 0.2) is 0 Å². The Kier molecular flexibility index (Phi) is 4.11. The molecule has 0 radical (unpaired) electrons. The lowest BCUT2D eigenvalue weighted by molar-refractivity contribution is 0.331. The Balaban J connectivity index is 1.49. The fourth-order valence-electron chi connectivity index (χ4n) is 3.27. The van der Waals surface area contributed by atoms with Crippen LogP contribution >= 0.6 is 0 Å². The molecule has 0 aliphatic carbocycles. The van der Waals surface area contributed by atoms with Gasteiger partial charge >= 0.3 is 0 Å². The van der Waals surface area contributed by atoms with Gasteiger partial charge in [-0.05, 0) is 37.3 Å². The Hall–Kier alpha value is -2.50. The monoisotopic (exact) mass is 325 g/mol.